The number of aryl methyl sites for hydroxylation is 1. The van der Waals surface area contributed by atoms with Crippen LogP contribution < -0.4 is 4.74 Å². The third-order valence-electron chi connectivity index (χ3n) is 3.47. The van der Waals surface area contributed by atoms with Crippen molar-refractivity contribution in [2.24, 2.45) is 0 Å². The van der Waals surface area contributed by atoms with E-state index in [2.05, 4.69) is 11.1 Å². The van der Waals surface area contributed by atoms with E-state index in [0.29, 0.717) is 12.1 Å². The molecule has 104 valence electrons. The molecule has 0 spiro atoms. The Labute approximate surface area is 123 Å². The Morgan fingerprint density at radius 3 is 2.90 bits per heavy atom. The van der Waals surface area contributed by atoms with Crippen LogP contribution in [0.4, 0.5) is 0 Å². The van der Waals surface area contributed by atoms with Gasteiger partial charge in [-0.1, -0.05) is 12.1 Å². The van der Waals surface area contributed by atoms with Gasteiger partial charge in [-0.3, -0.25) is 4.40 Å². The molecule has 0 amide bonds. The minimum atomic E-state index is 0.591. The van der Waals surface area contributed by atoms with Crippen molar-refractivity contribution in [3.63, 3.8) is 0 Å². The van der Waals surface area contributed by atoms with Gasteiger partial charge in [0.25, 0.3) is 0 Å². The molecule has 2 aromatic heterocycles. The van der Waals surface area contributed by atoms with E-state index in [1.165, 1.54) is 0 Å². The van der Waals surface area contributed by atoms with E-state index in [9.17, 15) is 5.26 Å². The van der Waals surface area contributed by atoms with Crippen LogP contribution in [-0.2, 0) is 6.42 Å². The summed E-state index contributed by atoms with van der Waals surface area (Å²) in [5, 5.41) is 9.42. The van der Waals surface area contributed by atoms with Crippen molar-refractivity contribution in [1.82, 2.24) is 9.38 Å². The highest BCUT2D eigenvalue weighted by atomic mass is 16.5. The van der Waals surface area contributed by atoms with Gasteiger partial charge in [-0.2, -0.15) is 5.26 Å². The Morgan fingerprint density at radius 1 is 1.29 bits per heavy atom. The molecule has 3 aromatic rings. The van der Waals surface area contributed by atoms with E-state index in [-0.39, 0.29) is 0 Å². The van der Waals surface area contributed by atoms with Gasteiger partial charge in [0.05, 0.1) is 12.8 Å². The van der Waals surface area contributed by atoms with Gasteiger partial charge in [-0.25, -0.2) is 4.98 Å². The van der Waals surface area contributed by atoms with Gasteiger partial charge in [0, 0.05) is 12.6 Å². The number of pyridine rings is 1. The van der Waals surface area contributed by atoms with Crippen LogP contribution in [0.3, 0.4) is 0 Å². The minimum absolute atomic E-state index is 0.591. The average Bonchev–Trinajstić information content (AvgIpc) is 2.83. The highest BCUT2D eigenvalue weighted by Crippen LogP contribution is 2.19. The van der Waals surface area contributed by atoms with Gasteiger partial charge < -0.3 is 4.74 Å². The van der Waals surface area contributed by atoms with Crippen molar-refractivity contribution in [2.75, 3.05) is 7.11 Å². The number of benzene rings is 1. The molecule has 0 fully saturated rings. The van der Waals surface area contributed by atoms with Crippen molar-refractivity contribution < 1.29 is 4.74 Å². The summed E-state index contributed by atoms with van der Waals surface area (Å²) in [5.74, 6) is 0.811. The van der Waals surface area contributed by atoms with Crippen LogP contribution in [0.5, 0.6) is 5.75 Å². The highest BCUT2D eigenvalue weighted by Gasteiger charge is 2.12. The van der Waals surface area contributed by atoms with Crippen LogP contribution in [0.25, 0.3) is 5.65 Å². The van der Waals surface area contributed by atoms with Crippen molar-refractivity contribution >= 4 is 5.65 Å². The molecule has 0 unspecified atom stereocenters. The normalized spacial score (nSPS) is 10.5. The quantitative estimate of drug-likeness (QED) is 0.739. The third kappa shape index (κ3) is 2.46. The molecular weight excluding hydrogens is 262 g/mol. The van der Waals surface area contributed by atoms with Gasteiger partial charge >= 0.3 is 0 Å². The number of ether oxygens (including phenoxy) is 1. The van der Waals surface area contributed by atoms with Gasteiger partial charge in [-0.15, -0.1) is 0 Å². The summed E-state index contributed by atoms with van der Waals surface area (Å²) in [6.07, 6.45) is 2.51. The van der Waals surface area contributed by atoms with Crippen molar-refractivity contribution in [2.45, 2.75) is 13.3 Å². The van der Waals surface area contributed by atoms with Crippen LogP contribution >= 0.6 is 0 Å². The number of nitrogens with zero attached hydrogens (tertiary/aromatic N) is 3. The van der Waals surface area contributed by atoms with Crippen molar-refractivity contribution in [3.05, 3.63) is 65.1 Å². The maximum absolute atomic E-state index is 9.42. The molecule has 4 nitrogen and oxygen atoms in total. The highest BCUT2D eigenvalue weighted by molar-refractivity contribution is 5.50. The van der Waals surface area contributed by atoms with Gasteiger partial charge in [0.15, 0.2) is 0 Å². The Hall–Kier alpha value is -2.80. The fourth-order valence-electron chi connectivity index (χ4n) is 2.41. The predicted molar refractivity (Wildman–Crippen MR) is 80.4 cm³/mol. The predicted octanol–water partition coefficient (Wildman–Crippen LogP) is 3.11. The summed E-state index contributed by atoms with van der Waals surface area (Å²) >= 11 is 0. The zero-order valence-corrected chi connectivity index (χ0v) is 12.0. The zero-order chi connectivity index (χ0) is 14.8. The van der Waals surface area contributed by atoms with E-state index in [1.807, 2.05) is 53.9 Å². The van der Waals surface area contributed by atoms with Gasteiger partial charge in [0.2, 0.25) is 0 Å². The second-order valence-corrected chi connectivity index (χ2v) is 4.98. The molecule has 0 aliphatic heterocycles. The maximum atomic E-state index is 9.42. The first-order valence-corrected chi connectivity index (χ1v) is 6.72. The number of rotatable bonds is 3. The molecule has 0 saturated carbocycles. The molecule has 0 atom stereocenters. The van der Waals surface area contributed by atoms with E-state index in [4.69, 9.17) is 4.74 Å². The molecule has 0 radical (unpaired) electrons. The molecule has 4 heteroatoms. The first kappa shape index (κ1) is 13.2. The van der Waals surface area contributed by atoms with E-state index < -0.39 is 0 Å². The van der Waals surface area contributed by atoms with Gasteiger partial charge in [0.1, 0.15) is 23.2 Å². The Bertz CT molecular complexity index is 843. The summed E-state index contributed by atoms with van der Waals surface area (Å²) in [5.41, 5.74) is 4.39. The lowest BCUT2D eigenvalue weighted by atomic mass is 10.1. The summed E-state index contributed by atoms with van der Waals surface area (Å²) in [6.45, 7) is 2.02. The summed E-state index contributed by atoms with van der Waals surface area (Å²) in [6, 6.07) is 14.0. The Kier molecular flexibility index (Phi) is 3.33. The summed E-state index contributed by atoms with van der Waals surface area (Å²) < 4.78 is 7.07. The molecule has 3 rings (SSSR count). The molecule has 0 aliphatic carbocycles. The first-order chi connectivity index (χ1) is 10.2. The van der Waals surface area contributed by atoms with Crippen molar-refractivity contribution in [1.29, 1.82) is 5.26 Å². The van der Waals surface area contributed by atoms with Gasteiger partial charge in [-0.05, 0) is 42.3 Å². The molecule has 21 heavy (non-hydrogen) atoms. The molecule has 0 aliphatic rings. The Balaban J connectivity index is 2.05. The topological polar surface area (TPSA) is 50.3 Å². The number of imidazole rings is 1. The number of nitriles is 1. The third-order valence-corrected chi connectivity index (χ3v) is 3.47. The number of hydrogen-bond acceptors (Lipinski definition) is 3. The average molecular weight is 277 g/mol. The maximum Gasteiger partial charge on any atom is 0.148 e. The zero-order valence-electron chi connectivity index (χ0n) is 12.0. The molecule has 0 N–H and O–H groups in total. The Morgan fingerprint density at radius 2 is 2.14 bits per heavy atom. The van der Waals surface area contributed by atoms with Crippen LogP contribution in [-0.4, -0.2) is 16.5 Å². The second-order valence-electron chi connectivity index (χ2n) is 4.98. The number of fused-ring (bicyclic) bond motifs is 1. The second kappa shape index (κ2) is 5.29. The van der Waals surface area contributed by atoms with Crippen molar-refractivity contribution in [3.8, 4) is 11.8 Å². The molecule has 0 saturated heterocycles. The van der Waals surface area contributed by atoms with Crippen LogP contribution in [0, 0.1) is 18.3 Å². The smallest absolute Gasteiger partial charge is 0.148 e. The minimum Gasteiger partial charge on any atom is -0.497 e. The van der Waals surface area contributed by atoms with E-state index in [0.717, 1.165) is 28.2 Å². The lowest BCUT2D eigenvalue weighted by molar-refractivity contribution is 0.414. The molecule has 2 heterocycles. The molecule has 1 aromatic carbocycles. The van der Waals surface area contributed by atoms with Crippen LogP contribution in [0.2, 0.25) is 0 Å². The summed E-state index contributed by atoms with van der Waals surface area (Å²) in [4.78, 5) is 4.59. The molecule has 0 bridgehead atoms. The number of methoxy groups -OCH3 is 1. The lowest BCUT2D eigenvalue weighted by Gasteiger charge is -2.03. The first-order valence-electron chi connectivity index (χ1n) is 6.72. The SMILES string of the molecule is COc1cccc(Cc2nc3cc(C)ccn3c2C#N)c1. The fourth-order valence-corrected chi connectivity index (χ4v) is 2.41. The summed E-state index contributed by atoms with van der Waals surface area (Å²) in [7, 11) is 1.65. The largest absolute Gasteiger partial charge is 0.497 e. The van der Waals surface area contributed by atoms with E-state index >= 15 is 0 Å². The number of aromatic nitrogens is 2. The van der Waals surface area contributed by atoms with Crippen LogP contribution in [0.1, 0.15) is 22.5 Å². The fraction of sp³-hybridized carbons (Fsp3) is 0.176. The number of hydrogen-bond donors (Lipinski definition) is 0. The van der Waals surface area contributed by atoms with E-state index in [1.54, 1.807) is 7.11 Å². The van der Waals surface area contributed by atoms with Crippen LogP contribution in [0.15, 0.2) is 42.6 Å². The molecular formula is C17H15N3O. The standard InChI is InChI=1S/C17H15N3O/c1-12-6-7-20-16(11-18)15(19-17(20)8-12)10-13-4-3-5-14(9-13)21-2/h3-9H,10H2,1-2H3. The lowest BCUT2D eigenvalue weighted by Crippen LogP contribution is -1.94. The monoisotopic (exact) mass is 277 g/mol.